The summed E-state index contributed by atoms with van der Waals surface area (Å²) in [7, 11) is 0. The molecule has 67 heavy (non-hydrogen) atoms. The fourth-order valence-corrected chi connectivity index (χ4v) is 8.62. The molecule has 0 saturated heterocycles. The third-order valence-electron chi connectivity index (χ3n) is 13.2. The molecule has 3 heterocycles. The maximum absolute atomic E-state index is 7.03. The summed E-state index contributed by atoms with van der Waals surface area (Å²) in [6.45, 7) is 40.9. The van der Waals surface area contributed by atoms with Gasteiger partial charge in [-0.1, -0.05) is 185 Å². The first-order valence-electron chi connectivity index (χ1n) is 24.1. The van der Waals surface area contributed by atoms with Crippen molar-refractivity contribution >= 4 is 21.8 Å². The molecule has 0 N–H and O–H groups in total. The Hall–Kier alpha value is -6.01. The van der Waals surface area contributed by atoms with E-state index in [4.69, 9.17) is 14.8 Å². The van der Waals surface area contributed by atoms with E-state index < -0.39 is 0 Å². The molecule has 0 spiro atoms. The van der Waals surface area contributed by atoms with Gasteiger partial charge in [-0.2, -0.15) is 4.68 Å². The molecule has 0 bridgehead atoms. The Labute approximate surface area is 401 Å². The Morgan fingerprint density at radius 3 is 1.55 bits per heavy atom. The SMILES string of the molecule is CC(C)(C)c1cc(Oc2ccc3c4ccccc4n(-c4cc(C(C)(C)C)ccn4)c3c2)cc(-n2[c-][n+](-c3cc(C(C)(C)C)cc(C(C)(C)C)c3)nc2-c2cc(C(C)(C)C)cc(C(C)(C)C)c2)c1. The Morgan fingerprint density at radius 2 is 0.985 bits per heavy atom. The number of aromatic nitrogens is 5. The molecule has 5 aromatic carbocycles. The zero-order chi connectivity index (χ0) is 48.8. The average Bonchev–Trinajstić information content (AvgIpc) is 3.82. The van der Waals surface area contributed by atoms with E-state index in [1.54, 1.807) is 0 Å². The van der Waals surface area contributed by atoms with Gasteiger partial charge in [0, 0.05) is 28.6 Å². The largest absolute Gasteiger partial charge is 0.458 e. The zero-order valence-electron chi connectivity index (χ0n) is 43.6. The summed E-state index contributed by atoms with van der Waals surface area (Å²) in [5, 5.41) is 7.84. The van der Waals surface area contributed by atoms with Gasteiger partial charge in [-0.25, -0.2) is 4.98 Å². The molecular formula is C61H73N5O. The molecule has 0 atom stereocenters. The van der Waals surface area contributed by atoms with Crippen molar-refractivity contribution in [1.82, 2.24) is 19.2 Å². The summed E-state index contributed by atoms with van der Waals surface area (Å²) >= 11 is 0. The van der Waals surface area contributed by atoms with Gasteiger partial charge in [0.2, 0.25) is 0 Å². The molecule has 0 aliphatic heterocycles. The molecular weight excluding hydrogens is 819 g/mol. The minimum atomic E-state index is -0.195. The van der Waals surface area contributed by atoms with Crippen LogP contribution >= 0.6 is 0 Å². The van der Waals surface area contributed by atoms with E-state index in [9.17, 15) is 0 Å². The van der Waals surface area contributed by atoms with Crippen LogP contribution in [-0.2, 0) is 32.5 Å². The molecule has 8 rings (SSSR count). The lowest BCUT2D eigenvalue weighted by molar-refractivity contribution is -0.660. The maximum Gasteiger partial charge on any atom is 0.273 e. The van der Waals surface area contributed by atoms with Crippen LogP contribution in [-0.4, -0.2) is 19.2 Å². The number of hydrogen-bond donors (Lipinski definition) is 0. The van der Waals surface area contributed by atoms with Crippen LogP contribution in [0.25, 0.3) is 50.4 Å². The molecule has 0 aliphatic carbocycles. The van der Waals surface area contributed by atoms with E-state index in [2.05, 4.69) is 249 Å². The average molecular weight is 892 g/mol. The number of fused-ring (bicyclic) bond motifs is 3. The van der Waals surface area contributed by atoms with Crippen LogP contribution in [0.3, 0.4) is 0 Å². The second-order valence-electron chi connectivity index (χ2n) is 25.0. The lowest BCUT2D eigenvalue weighted by Crippen LogP contribution is -2.34. The number of benzene rings is 5. The molecule has 348 valence electrons. The number of para-hydroxylation sites is 1. The van der Waals surface area contributed by atoms with E-state index in [0.717, 1.165) is 62.1 Å². The summed E-state index contributed by atoms with van der Waals surface area (Å²) in [6, 6.07) is 39.9. The first kappa shape index (κ1) is 47.5. The number of nitrogens with zero attached hydrogens (tertiary/aromatic N) is 5. The van der Waals surface area contributed by atoms with Gasteiger partial charge in [-0.3, -0.25) is 9.13 Å². The van der Waals surface area contributed by atoms with E-state index in [1.165, 1.54) is 33.2 Å². The lowest BCUT2D eigenvalue weighted by atomic mass is 9.79. The first-order valence-corrected chi connectivity index (χ1v) is 24.1. The molecule has 0 fully saturated rings. The number of pyridine rings is 1. The van der Waals surface area contributed by atoms with Gasteiger partial charge >= 0.3 is 0 Å². The third-order valence-corrected chi connectivity index (χ3v) is 13.2. The summed E-state index contributed by atoms with van der Waals surface area (Å²) in [5.74, 6) is 3.17. The number of ether oxygens (including phenoxy) is 1. The van der Waals surface area contributed by atoms with Gasteiger partial charge in [0.1, 0.15) is 17.3 Å². The van der Waals surface area contributed by atoms with Crippen molar-refractivity contribution in [1.29, 1.82) is 0 Å². The van der Waals surface area contributed by atoms with Crippen LogP contribution in [0.15, 0.2) is 115 Å². The van der Waals surface area contributed by atoms with Crippen molar-refractivity contribution in [3.8, 4) is 40.1 Å². The third kappa shape index (κ3) is 9.73. The van der Waals surface area contributed by atoms with Gasteiger partial charge in [0.15, 0.2) is 5.82 Å². The molecule has 6 nitrogen and oxygen atoms in total. The molecule has 0 unspecified atom stereocenters. The second kappa shape index (κ2) is 16.4. The Morgan fingerprint density at radius 1 is 0.463 bits per heavy atom. The highest BCUT2D eigenvalue weighted by molar-refractivity contribution is 6.09. The Balaban J connectivity index is 1.35. The lowest BCUT2D eigenvalue weighted by Gasteiger charge is -2.26. The van der Waals surface area contributed by atoms with Crippen molar-refractivity contribution in [2.24, 2.45) is 0 Å². The van der Waals surface area contributed by atoms with Crippen LogP contribution < -0.4 is 9.42 Å². The van der Waals surface area contributed by atoms with Crippen molar-refractivity contribution < 1.29 is 9.42 Å². The minimum absolute atomic E-state index is 0.0254. The van der Waals surface area contributed by atoms with Crippen molar-refractivity contribution in [2.45, 2.75) is 157 Å². The Kier molecular flexibility index (Phi) is 11.6. The van der Waals surface area contributed by atoms with E-state index in [1.807, 2.05) is 10.9 Å². The van der Waals surface area contributed by atoms with Crippen LogP contribution in [0.2, 0.25) is 0 Å². The van der Waals surface area contributed by atoms with E-state index >= 15 is 0 Å². The molecule has 8 aromatic rings. The Bertz CT molecular complexity index is 3090. The normalized spacial score (nSPS) is 13.2. The highest BCUT2D eigenvalue weighted by Gasteiger charge is 2.27. The predicted molar refractivity (Wildman–Crippen MR) is 280 cm³/mol. The molecule has 6 heteroatoms. The summed E-state index contributed by atoms with van der Waals surface area (Å²) in [5.41, 5.74) is 12.0. The van der Waals surface area contributed by atoms with Crippen LogP contribution in [0.1, 0.15) is 158 Å². The standard InChI is InChI=1S/C61H73N5O/c1-56(2,3)40-25-26-62-54(35-40)66-52-22-20-19-21-50(52)51-24-23-48(37-53(51)66)67-49-34-45(61(16,17)18)31-46(36-49)64-38-65(47-32-43(59(10,11)12)30-44(33-47)60(13,14)15)63-55(64)39-27-41(57(4,5)6)29-42(28-39)58(7,8)9/h19-37H,1-18H3. The molecule has 3 aromatic heterocycles. The van der Waals surface area contributed by atoms with Gasteiger partial charge in [-0.15, -0.1) is 5.10 Å². The maximum atomic E-state index is 7.03. The van der Waals surface area contributed by atoms with Crippen molar-refractivity contribution in [3.05, 3.63) is 155 Å². The second-order valence-corrected chi connectivity index (χ2v) is 25.0. The molecule has 0 radical (unpaired) electrons. The fourth-order valence-electron chi connectivity index (χ4n) is 8.62. The highest BCUT2D eigenvalue weighted by Crippen LogP contribution is 2.40. The van der Waals surface area contributed by atoms with Gasteiger partial charge < -0.3 is 4.74 Å². The fraction of sp³-hybridized carbons (Fsp3) is 0.393. The topological polar surface area (TPSA) is 48.8 Å². The predicted octanol–water partition coefficient (Wildman–Crippen LogP) is 15.7. The number of rotatable bonds is 6. The molecule has 0 amide bonds. The summed E-state index contributed by atoms with van der Waals surface area (Å²) in [4.78, 5) is 4.93. The molecule has 0 aliphatic rings. The monoisotopic (exact) mass is 892 g/mol. The van der Waals surface area contributed by atoms with Crippen molar-refractivity contribution in [2.75, 3.05) is 0 Å². The van der Waals surface area contributed by atoms with Gasteiger partial charge in [-0.05, 0) is 108 Å². The van der Waals surface area contributed by atoms with Gasteiger partial charge in [0.05, 0.1) is 22.4 Å². The minimum Gasteiger partial charge on any atom is -0.458 e. The summed E-state index contributed by atoms with van der Waals surface area (Å²) in [6.07, 6.45) is 5.72. The highest BCUT2D eigenvalue weighted by atomic mass is 16.5. The van der Waals surface area contributed by atoms with E-state index in [0.29, 0.717) is 0 Å². The van der Waals surface area contributed by atoms with Crippen LogP contribution in [0.5, 0.6) is 11.5 Å². The summed E-state index contributed by atoms with van der Waals surface area (Å²) < 4.78 is 13.4. The van der Waals surface area contributed by atoms with Crippen LogP contribution in [0, 0.1) is 6.33 Å². The number of hydrogen-bond acceptors (Lipinski definition) is 3. The van der Waals surface area contributed by atoms with Crippen LogP contribution in [0.4, 0.5) is 0 Å². The van der Waals surface area contributed by atoms with Gasteiger partial charge in [0.25, 0.3) is 6.33 Å². The zero-order valence-corrected chi connectivity index (χ0v) is 43.6. The van der Waals surface area contributed by atoms with Crippen molar-refractivity contribution in [3.63, 3.8) is 0 Å². The quantitative estimate of drug-likeness (QED) is 0.123. The first-order chi connectivity index (χ1) is 30.9. The molecule has 0 saturated carbocycles. The van der Waals surface area contributed by atoms with E-state index in [-0.39, 0.29) is 32.5 Å². The smallest absolute Gasteiger partial charge is 0.273 e.